The van der Waals surface area contributed by atoms with Gasteiger partial charge < -0.3 is 29.8 Å². The molecule has 0 unspecified atom stereocenters. The number of nitrogens with zero attached hydrogens (tertiary/aromatic N) is 8. The lowest BCUT2D eigenvalue weighted by atomic mass is 10.0. The van der Waals surface area contributed by atoms with Crippen molar-refractivity contribution in [3.63, 3.8) is 0 Å². The molecular weight excluding hydrogens is 604 g/mol. The van der Waals surface area contributed by atoms with E-state index in [0.29, 0.717) is 43.6 Å². The molecule has 5 aromatic heterocycles. The summed E-state index contributed by atoms with van der Waals surface area (Å²) in [6, 6.07) is 14.5. The van der Waals surface area contributed by atoms with Gasteiger partial charge in [-0.05, 0) is 35.9 Å². The Morgan fingerprint density at radius 1 is 1.06 bits per heavy atom. The molecule has 0 radical (unpaired) electrons. The van der Waals surface area contributed by atoms with Gasteiger partial charge >= 0.3 is 6.01 Å². The summed E-state index contributed by atoms with van der Waals surface area (Å²) in [5.74, 6) is -0.0398. The number of nitrogens with two attached hydrogens (primary N) is 1. The van der Waals surface area contributed by atoms with Crippen LogP contribution in [0.25, 0.3) is 28.0 Å². The highest BCUT2D eigenvalue weighted by atomic mass is 16.6. The average molecular weight is 635 g/mol. The molecule has 1 saturated heterocycles. The van der Waals surface area contributed by atoms with Crippen molar-refractivity contribution >= 4 is 23.2 Å². The van der Waals surface area contributed by atoms with E-state index >= 15 is 0 Å². The topological polar surface area (TPSA) is 179 Å². The van der Waals surface area contributed by atoms with Crippen molar-refractivity contribution in [2.45, 2.75) is 19.2 Å². The Labute approximate surface area is 267 Å². The van der Waals surface area contributed by atoms with Crippen LogP contribution in [0.5, 0.6) is 6.01 Å². The van der Waals surface area contributed by atoms with Gasteiger partial charge in [-0.2, -0.15) is 14.6 Å². The molecule has 15 heteroatoms. The van der Waals surface area contributed by atoms with Gasteiger partial charge in [0.2, 0.25) is 5.78 Å². The van der Waals surface area contributed by atoms with Gasteiger partial charge in [0.1, 0.15) is 17.5 Å². The Hall–Kier alpha value is -5.93. The van der Waals surface area contributed by atoms with Crippen molar-refractivity contribution in [2.75, 3.05) is 38.0 Å². The third-order valence-corrected chi connectivity index (χ3v) is 7.64. The molecule has 1 fully saturated rings. The first-order valence-corrected chi connectivity index (χ1v) is 14.8. The zero-order chi connectivity index (χ0) is 32.3. The van der Waals surface area contributed by atoms with E-state index in [4.69, 9.17) is 19.9 Å². The minimum Gasteiger partial charge on any atom is -0.466 e. The number of pyridine rings is 2. The predicted octanol–water partition coefficient (Wildman–Crippen LogP) is 2.52. The molecule has 6 aromatic rings. The maximum atomic E-state index is 13.4. The van der Waals surface area contributed by atoms with Crippen LogP contribution in [0.2, 0.25) is 0 Å². The quantitative estimate of drug-likeness (QED) is 0.239. The van der Waals surface area contributed by atoms with Gasteiger partial charge in [-0.25, -0.2) is 4.98 Å². The fourth-order valence-corrected chi connectivity index (χ4v) is 5.27. The molecule has 15 nitrogen and oxygen atoms in total. The molecule has 238 valence electrons. The lowest BCUT2D eigenvalue weighted by molar-refractivity contribution is -0.0946. The number of methoxy groups -OCH3 is 1. The van der Waals surface area contributed by atoms with Gasteiger partial charge in [0.25, 0.3) is 11.5 Å². The van der Waals surface area contributed by atoms with E-state index in [0.717, 1.165) is 26.8 Å². The molecule has 1 aliphatic heterocycles. The molecular formula is C32H30N10O5. The number of hydrogen-bond acceptors (Lipinski definition) is 11. The Morgan fingerprint density at radius 2 is 1.94 bits per heavy atom. The smallest absolute Gasteiger partial charge is 0.337 e. The Bertz CT molecular complexity index is 2100. The van der Waals surface area contributed by atoms with E-state index in [1.54, 1.807) is 41.4 Å². The van der Waals surface area contributed by atoms with Gasteiger partial charge in [-0.1, -0.05) is 18.2 Å². The van der Waals surface area contributed by atoms with Gasteiger partial charge in [-0.15, -0.1) is 5.10 Å². The van der Waals surface area contributed by atoms with Crippen molar-refractivity contribution < 1.29 is 19.0 Å². The molecule has 7 rings (SSSR count). The molecule has 0 aliphatic carbocycles. The molecule has 3 N–H and O–H groups in total. The maximum absolute atomic E-state index is 13.4. The van der Waals surface area contributed by atoms with Crippen molar-refractivity contribution in [3.05, 3.63) is 101 Å². The van der Waals surface area contributed by atoms with Crippen LogP contribution >= 0.6 is 0 Å². The minimum atomic E-state index is -0.638. The van der Waals surface area contributed by atoms with Crippen LogP contribution in [0.3, 0.4) is 0 Å². The fraction of sp³-hybridized carbons (Fsp3) is 0.219. The third kappa shape index (κ3) is 6.29. The van der Waals surface area contributed by atoms with Crippen LogP contribution < -0.4 is 21.3 Å². The zero-order valence-corrected chi connectivity index (χ0v) is 25.3. The Balaban J connectivity index is 1.11. The predicted molar refractivity (Wildman–Crippen MR) is 171 cm³/mol. The standard InChI is InChI=1S/C32H30N10O5/c1-45-31-38-32-40(16-24-4-2-3-9-34-24)18-27(30(44)42(32)39-31)29(43)37-23-7-5-20(6-8-23)26-12-21(13-35-28(26)33)22-14-36-41(15-22)17-25-19-46-10-11-47-25/h2-9,12-15,18,25H,10-11,16-17,19H2,1H3,(H2,33,35)(H,37,43)/t25-/m0/s1. The number of rotatable bonds is 9. The molecule has 1 aromatic carbocycles. The van der Waals surface area contributed by atoms with E-state index in [1.165, 1.54) is 13.3 Å². The number of carbonyl (C=O) groups excluding carboxylic acids is 1. The Morgan fingerprint density at radius 3 is 2.70 bits per heavy atom. The highest BCUT2D eigenvalue weighted by molar-refractivity contribution is 6.04. The number of fused-ring (bicyclic) bond motifs is 1. The molecule has 1 amide bonds. The normalized spacial score (nSPS) is 14.7. The van der Waals surface area contributed by atoms with Crippen LogP contribution in [0.1, 0.15) is 16.1 Å². The first-order valence-electron chi connectivity index (χ1n) is 14.8. The lowest BCUT2D eigenvalue weighted by Gasteiger charge is -2.22. The van der Waals surface area contributed by atoms with E-state index in [9.17, 15) is 9.59 Å². The molecule has 47 heavy (non-hydrogen) atoms. The molecule has 1 atom stereocenters. The summed E-state index contributed by atoms with van der Waals surface area (Å²) in [7, 11) is 1.40. The second kappa shape index (κ2) is 12.8. The summed E-state index contributed by atoms with van der Waals surface area (Å²) in [6.07, 6.45) is 8.48. The number of amides is 1. The van der Waals surface area contributed by atoms with Gasteiger partial charge in [0.05, 0.1) is 51.9 Å². The van der Waals surface area contributed by atoms with Crippen molar-refractivity contribution in [3.8, 4) is 28.3 Å². The number of aromatic nitrogens is 8. The van der Waals surface area contributed by atoms with Gasteiger partial charge in [0.15, 0.2) is 0 Å². The molecule has 6 heterocycles. The van der Waals surface area contributed by atoms with Gasteiger partial charge in [0, 0.05) is 47.2 Å². The number of nitrogens with one attached hydrogen (secondary N) is 1. The monoisotopic (exact) mass is 634 g/mol. The van der Waals surface area contributed by atoms with Crippen LogP contribution in [-0.2, 0) is 22.6 Å². The zero-order valence-electron chi connectivity index (χ0n) is 25.3. The van der Waals surface area contributed by atoms with Crippen LogP contribution in [0, 0.1) is 0 Å². The number of hydrogen-bond donors (Lipinski definition) is 2. The number of nitrogen functional groups attached to an aromatic ring is 1. The van der Waals surface area contributed by atoms with Crippen molar-refractivity contribution in [2.24, 2.45) is 0 Å². The number of benzene rings is 1. The number of anilines is 2. The summed E-state index contributed by atoms with van der Waals surface area (Å²) >= 11 is 0. The average Bonchev–Trinajstić information content (AvgIpc) is 3.76. The Kier molecular flexibility index (Phi) is 8.12. The highest BCUT2D eigenvalue weighted by Gasteiger charge is 2.20. The van der Waals surface area contributed by atoms with E-state index in [1.807, 2.05) is 41.2 Å². The van der Waals surface area contributed by atoms with Crippen molar-refractivity contribution in [1.82, 2.24) is 38.9 Å². The maximum Gasteiger partial charge on any atom is 0.337 e. The summed E-state index contributed by atoms with van der Waals surface area (Å²) < 4.78 is 20.9. The first kappa shape index (κ1) is 29.8. The molecule has 1 aliphatic rings. The SMILES string of the molecule is COc1nc2n(Cc3ccccn3)cc(C(=O)Nc3ccc(-c4cc(-c5cnn(C[C@H]6COCCO6)c5)cnc4N)cc3)c(=O)n2n1. The second-order valence-corrected chi connectivity index (χ2v) is 10.8. The molecule has 0 saturated carbocycles. The number of carbonyl (C=O) groups is 1. The number of ether oxygens (including phenoxy) is 3. The summed E-state index contributed by atoms with van der Waals surface area (Å²) in [4.78, 5) is 39.7. The summed E-state index contributed by atoms with van der Waals surface area (Å²) in [5, 5.41) is 11.4. The van der Waals surface area contributed by atoms with Gasteiger partial charge in [-0.3, -0.25) is 19.3 Å². The van der Waals surface area contributed by atoms with E-state index < -0.39 is 11.5 Å². The summed E-state index contributed by atoms with van der Waals surface area (Å²) in [6.45, 7) is 2.56. The van der Waals surface area contributed by atoms with Crippen molar-refractivity contribution in [1.29, 1.82) is 0 Å². The first-order chi connectivity index (χ1) is 22.9. The largest absolute Gasteiger partial charge is 0.466 e. The van der Waals surface area contributed by atoms with E-state index in [-0.39, 0.29) is 30.0 Å². The third-order valence-electron chi connectivity index (χ3n) is 7.64. The fourth-order valence-electron chi connectivity index (χ4n) is 5.27. The minimum absolute atomic E-state index is 0.000770. The molecule has 0 spiro atoms. The highest BCUT2D eigenvalue weighted by Crippen LogP contribution is 2.30. The van der Waals surface area contributed by atoms with Crippen LogP contribution in [-0.4, -0.2) is 77.9 Å². The summed E-state index contributed by atoms with van der Waals surface area (Å²) in [5.41, 5.74) is 9.93. The molecule has 0 bridgehead atoms. The second-order valence-electron chi connectivity index (χ2n) is 10.8. The van der Waals surface area contributed by atoms with E-state index in [2.05, 4.69) is 30.5 Å². The van der Waals surface area contributed by atoms with Crippen LogP contribution in [0.4, 0.5) is 11.5 Å². The lowest BCUT2D eigenvalue weighted by Crippen LogP contribution is -2.32. The van der Waals surface area contributed by atoms with Crippen LogP contribution in [0.15, 0.2) is 84.3 Å².